The predicted octanol–water partition coefficient (Wildman–Crippen LogP) is 3.98. The molecule has 138 valence electrons. The van der Waals surface area contributed by atoms with E-state index in [0.717, 1.165) is 15.7 Å². The molecule has 4 aromatic rings. The number of anilines is 3. The van der Waals surface area contributed by atoms with Crippen molar-refractivity contribution in [2.45, 2.75) is 20.0 Å². The molecule has 0 saturated heterocycles. The van der Waals surface area contributed by atoms with Gasteiger partial charge in [-0.05, 0) is 44.2 Å². The number of nitrogens with one attached hydrogen (secondary N) is 2. The van der Waals surface area contributed by atoms with Crippen LogP contribution < -0.4 is 15.8 Å². The first-order chi connectivity index (χ1) is 12.9. The first-order valence-corrected chi connectivity index (χ1v) is 9.08. The van der Waals surface area contributed by atoms with Gasteiger partial charge in [0.25, 0.3) is 0 Å². The molecule has 27 heavy (non-hydrogen) atoms. The topological polar surface area (TPSA) is 126 Å². The largest absolute Gasteiger partial charge is 0.489 e. The van der Waals surface area contributed by atoms with Crippen LogP contribution in [0.2, 0.25) is 0 Å². The molecule has 0 aliphatic rings. The molecule has 4 rings (SSSR count). The molecule has 0 atom stereocenters. The summed E-state index contributed by atoms with van der Waals surface area (Å²) >= 11 is 1.44. The Bertz CT molecular complexity index is 1160. The van der Waals surface area contributed by atoms with Crippen molar-refractivity contribution < 1.29 is 14.6 Å². The number of imidazole rings is 1. The number of nitrogen functional groups attached to an aromatic ring is 1. The van der Waals surface area contributed by atoms with Gasteiger partial charge in [-0.3, -0.25) is 0 Å². The fourth-order valence-electron chi connectivity index (χ4n) is 2.77. The van der Waals surface area contributed by atoms with Crippen molar-refractivity contribution in [3.63, 3.8) is 0 Å². The van der Waals surface area contributed by atoms with Crippen LogP contribution in [-0.2, 0) is 0 Å². The lowest BCUT2D eigenvalue weighted by Crippen LogP contribution is -2.08. The third-order valence-electron chi connectivity index (χ3n) is 3.86. The monoisotopic (exact) mass is 383 g/mol. The third-order valence-corrected chi connectivity index (χ3v) is 4.80. The second-order valence-corrected chi connectivity index (χ2v) is 7.29. The van der Waals surface area contributed by atoms with E-state index in [1.54, 1.807) is 6.07 Å². The number of aromatic nitrogens is 3. The van der Waals surface area contributed by atoms with Crippen LogP contribution >= 0.6 is 11.3 Å². The van der Waals surface area contributed by atoms with Gasteiger partial charge in [0, 0.05) is 0 Å². The molecule has 5 N–H and O–H groups in total. The number of rotatable bonds is 5. The van der Waals surface area contributed by atoms with Gasteiger partial charge in [0.05, 0.1) is 27.6 Å². The number of fused-ring (bicyclic) bond motifs is 3. The number of H-pyrrole nitrogens is 1. The zero-order valence-electron chi connectivity index (χ0n) is 14.6. The number of hydrogen-bond acceptors (Lipinski definition) is 7. The van der Waals surface area contributed by atoms with Gasteiger partial charge in [-0.15, -0.1) is 0 Å². The average Bonchev–Trinajstić information content (AvgIpc) is 3.17. The molecule has 0 saturated carbocycles. The molecule has 0 radical (unpaired) electrons. The number of hydrogen-bond donors (Lipinski definition) is 4. The van der Waals surface area contributed by atoms with Gasteiger partial charge >= 0.3 is 5.97 Å². The summed E-state index contributed by atoms with van der Waals surface area (Å²) < 4.78 is 6.73. The molecular weight excluding hydrogens is 366 g/mol. The second-order valence-electron chi connectivity index (χ2n) is 6.26. The van der Waals surface area contributed by atoms with Crippen molar-refractivity contribution in [2.24, 2.45) is 0 Å². The first kappa shape index (κ1) is 17.1. The van der Waals surface area contributed by atoms with Gasteiger partial charge in [-0.25, -0.2) is 14.8 Å². The Hall–Kier alpha value is -3.33. The number of benzene rings is 2. The summed E-state index contributed by atoms with van der Waals surface area (Å²) in [4.78, 5) is 23.2. The minimum absolute atomic E-state index is 0.0525. The van der Waals surface area contributed by atoms with Crippen LogP contribution in [0.15, 0.2) is 30.3 Å². The number of aromatic amines is 1. The Labute approximate surface area is 158 Å². The molecule has 0 aliphatic carbocycles. The van der Waals surface area contributed by atoms with E-state index in [9.17, 15) is 9.90 Å². The van der Waals surface area contributed by atoms with E-state index in [1.807, 2.05) is 26.0 Å². The number of carboxylic acid groups (broad SMARTS) is 1. The zero-order chi connectivity index (χ0) is 19.1. The fraction of sp³-hybridized carbons (Fsp3) is 0.167. The van der Waals surface area contributed by atoms with Crippen LogP contribution in [0.25, 0.3) is 21.3 Å². The first-order valence-electron chi connectivity index (χ1n) is 8.26. The predicted molar refractivity (Wildman–Crippen MR) is 106 cm³/mol. The smallest absolute Gasteiger partial charge is 0.335 e. The van der Waals surface area contributed by atoms with E-state index in [4.69, 9.17) is 10.5 Å². The van der Waals surface area contributed by atoms with Gasteiger partial charge in [0.15, 0.2) is 11.1 Å². The highest BCUT2D eigenvalue weighted by atomic mass is 32.1. The summed E-state index contributed by atoms with van der Waals surface area (Å²) in [6.07, 6.45) is -0.0525. The summed E-state index contributed by atoms with van der Waals surface area (Å²) in [7, 11) is 0. The lowest BCUT2D eigenvalue weighted by molar-refractivity contribution is 0.0697. The van der Waals surface area contributed by atoms with Crippen LogP contribution in [0.4, 0.5) is 16.8 Å². The summed E-state index contributed by atoms with van der Waals surface area (Å²) in [6, 6.07) is 8.54. The van der Waals surface area contributed by atoms with Gasteiger partial charge < -0.3 is 25.9 Å². The number of carboxylic acids is 1. The van der Waals surface area contributed by atoms with Crippen LogP contribution in [0.1, 0.15) is 24.2 Å². The van der Waals surface area contributed by atoms with Crippen molar-refractivity contribution in [2.75, 3.05) is 11.1 Å². The van der Waals surface area contributed by atoms with Gasteiger partial charge in [0.2, 0.25) is 0 Å². The van der Waals surface area contributed by atoms with Gasteiger partial charge in [-0.1, -0.05) is 11.3 Å². The van der Waals surface area contributed by atoms with Crippen molar-refractivity contribution in [3.8, 4) is 5.75 Å². The SMILES string of the molecule is CC(C)Oc1ccc(C(=O)O)cc1Nc1nc2c(ccc3[nH]c(N)nc32)s1. The van der Waals surface area contributed by atoms with E-state index in [2.05, 4.69) is 20.3 Å². The molecule has 0 bridgehead atoms. The Morgan fingerprint density at radius 1 is 1.26 bits per heavy atom. The number of ether oxygens (including phenoxy) is 1. The summed E-state index contributed by atoms with van der Waals surface area (Å²) in [5.74, 6) is -0.114. The fourth-order valence-corrected chi connectivity index (χ4v) is 3.65. The Morgan fingerprint density at radius 2 is 2.07 bits per heavy atom. The molecule has 0 spiro atoms. The highest BCUT2D eigenvalue weighted by Gasteiger charge is 2.15. The van der Waals surface area contributed by atoms with Gasteiger partial charge in [-0.2, -0.15) is 0 Å². The van der Waals surface area contributed by atoms with Crippen LogP contribution in [0.3, 0.4) is 0 Å². The molecule has 0 amide bonds. The van der Waals surface area contributed by atoms with E-state index in [0.29, 0.717) is 28.0 Å². The van der Waals surface area contributed by atoms with Gasteiger partial charge in [0.1, 0.15) is 16.8 Å². The molecular formula is C18H17N5O3S. The Balaban J connectivity index is 1.77. The zero-order valence-corrected chi connectivity index (χ0v) is 15.4. The molecule has 0 unspecified atom stereocenters. The molecule has 9 heteroatoms. The normalized spacial score (nSPS) is 11.4. The van der Waals surface area contributed by atoms with Crippen LogP contribution in [0, 0.1) is 0 Å². The number of thiazole rings is 1. The maximum absolute atomic E-state index is 11.3. The quantitative estimate of drug-likeness (QED) is 0.410. The van der Waals surface area contributed by atoms with E-state index >= 15 is 0 Å². The lowest BCUT2D eigenvalue weighted by Gasteiger charge is -2.15. The van der Waals surface area contributed by atoms with Crippen molar-refractivity contribution >= 4 is 55.3 Å². The third kappa shape index (κ3) is 3.24. The number of aromatic carboxylic acids is 1. The van der Waals surface area contributed by atoms with Crippen LogP contribution in [-0.4, -0.2) is 32.1 Å². The van der Waals surface area contributed by atoms with Crippen molar-refractivity contribution in [1.29, 1.82) is 0 Å². The number of nitrogens with two attached hydrogens (primary N) is 1. The van der Waals surface area contributed by atoms with Crippen molar-refractivity contribution in [1.82, 2.24) is 15.0 Å². The van der Waals surface area contributed by atoms with E-state index in [-0.39, 0.29) is 11.7 Å². The molecule has 0 aliphatic heterocycles. The minimum Gasteiger partial charge on any atom is -0.489 e. The summed E-state index contributed by atoms with van der Waals surface area (Å²) in [5.41, 5.74) is 8.70. The Kier molecular flexibility index (Phi) is 4.08. The summed E-state index contributed by atoms with van der Waals surface area (Å²) in [6.45, 7) is 3.82. The second kappa shape index (κ2) is 6.44. The van der Waals surface area contributed by atoms with E-state index in [1.165, 1.54) is 23.5 Å². The minimum atomic E-state index is -1.01. The number of carbonyl (C=O) groups is 1. The number of nitrogens with zero attached hydrogens (tertiary/aromatic N) is 2. The maximum atomic E-state index is 11.3. The molecule has 2 aromatic carbocycles. The average molecular weight is 383 g/mol. The highest BCUT2D eigenvalue weighted by molar-refractivity contribution is 7.22. The molecule has 0 fully saturated rings. The van der Waals surface area contributed by atoms with Crippen molar-refractivity contribution in [3.05, 3.63) is 35.9 Å². The molecule has 2 aromatic heterocycles. The van der Waals surface area contributed by atoms with E-state index < -0.39 is 5.97 Å². The lowest BCUT2D eigenvalue weighted by atomic mass is 10.2. The summed E-state index contributed by atoms with van der Waals surface area (Å²) in [5, 5.41) is 13.1. The van der Waals surface area contributed by atoms with Crippen LogP contribution in [0.5, 0.6) is 5.75 Å². The molecule has 2 heterocycles. The maximum Gasteiger partial charge on any atom is 0.335 e. The highest BCUT2D eigenvalue weighted by Crippen LogP contribution is 2.35. The standard InChI is InChI=1S/C18H17N5O3S/c1-8(2)26-12-5-3-9(16(24)25)7-11(12)21-18-23-15-13(27-18)6-4-10-14(15)22-17(19)20-10/h3-8H,1-2H3,(H,21,23)(H,24,25)(H3,19,20,22). The molecule has 8 nitrogen and oxygen atoms in total. The Morgan fingerprint density at radius 3 is 2.81 bits per heavy atom.